The second-order valence-corrected chi connectivity index (χ2v) is 9.33. The topological polar surface area (TPSA) is 98.4 Å². The van der Waals surface area contributed by atoms with Crippen molar-refractivity contribution in [1.29, 1.82) is 0 Å². The predicted octanol–water partition coefficient (Wildman–Crippen LogP) is 5.45. The second-order valence-electron chi connectivity index (χ2n) is 8.92. The molecule has 4 aromatic rings. The van der Waals surface area contributed by atoms with Crippen LogP contribution in [0.5, 0.6) is 11.5 Å². The van der Waals surface area contributed by atoms with E-state index < -0.39 is 0 Å². The Balaban J connectivity index is 1.27. The zero-order valence-corrected chi connectivity index (χ0v) is 20.9. The number of ether oxygens (including phenoxy) is 2. The first-order chi connectivity index (χ1) is 17.6. The Bertz CT molecular complexity index is 1340. The van der Waals surface area contributed by atoms with Gasteiger partial charge in [0.25, 0.3) is 0 Å². The first-order valence-electron chi connectivity index (χ1n) is 12.0. The van der Waals surface area contributed by atoms with E-state index in [0.717, 1.165) is 35.2 Å². The summed E-state index contributed by atoms with van der Waals surface area (Å²) in [6, 6.07) is 15.5. The standard InChI is InChI=1S/C27H29ClN6O2/c1-34-11-4-6-20(34)9-12-35-26-15-24-21(14-23(26)29)27(32-17-31-24)33-18-7-8-25(22(28)13-18)36-16-19-5-2-3-10-30-19/h2-3,5,7-8,10,13-15,17,20H,4,6,9,11-12,16,29H2,1H3,(H,31,32,33). The summed E-state index contributed by atoms with van der Waals surface area (Å²) in [7, 11) is 2.17. The van der Waals surface area contributed by atoms with Gasteiger partial charge in [0.1, 0.15) is 30.3 Å². The number of fused-ring (bicyclic) bond motifs is 1. The number of nitrogens with two attached hydrogens (primary N) is 1. The van der Waals surface area contributed by atoms with Crippen molar-refractivity contribution in [3.63, 3.8) is 0 Å². The van der Waals surface area contributed by atoms with Gasteiger partial charge in [-0.2, -0.15) is 0 Å². The van der Waals surface area contributed by atoms with Crippen LogP contribution >= 0.6 is 11.6 Å². The number of aromatic nitrogens is 3. The Kier molecular flexibility index (Phi) is 7.34. The van der Waals surface area contributed by atoms with E-state index in [4.69, 9.17) is 26.8 Å². The Morgan fingerprint density at radius 2 is 2.00 bits per heavy atom. The number of nitrogens with one attached hydrogen (secondary N) is 1. The zero-order chi connectivity index (χ0) is 24.9. The highest BCUT2D eigenvalue weighted by Gasteiger charge is 2.20. The Labute approximate surface area is 215 Å². The number of nitrogen functional groups attached to an aromatic ring is 1. The molecular weight excluding hydrogens is 476 g/mol. The Hall–Kier alpha value is -3.62. The average Bonchev–Trinajstić information content (AvgIpc) is 3.29. The lowest BCUT2D eigenvalue weighted by molar-refractivity contribution is 0.234. The zero-order valence-electron chi connectivity index (χ0n) is 20.2. The highest BCUT2D eigenvalue weighted by Crippen LogP contribution is 2.34. The molecular formula is C27H29ClN6O2. The molecule has 5 rings (SSSR count). The average molecular weight is 505 g/mol. The number of nitrogens with zero attached hydrogens (tertiary/aromatic N) is 4. The summed E-state index contributed by atoms with van der Waals surface area (Å²) in [5, 5.41) is 4.59. The lowest BCUT2D eigenvalue weighted by Crippen LogP contribution is -2.26. The summed E-state index contributed by atoms with van der Waals surface area (Å²) >= 11 is 6.47. The normalized spacial score (nSPS) is 15.8. The van der Waals surface area contributed by atoms with E-state index in [9.17, 15) is 0 Å². The first-order valence-corrected chi connectivity index (χ1v) is 12.4. The summed E-state index contributed by atoms with van der Waals surface area (Å²) in [6.07, 6.45) is 6.70. The fraction of sp³-hybridized carbons (Fsp3) is 0.296. The third-order valence-corrected chi connectivity index (χ3v) is 6.74. The fourth-order valence-electron chi connectivity index (χ4n) is 4.44. The van der Waals surface area contributed by atoms with Gasteiger partial charge in [-0.25, -0.2) is 9.97 Å². The number of likely N-dealkylation sites (tertiary alicyclic amines) is 1. The molecule has 0 saturated carbocycles. The molecule has 0 amide bonds. The fourth-order valence-corrected chi connectivity index (χ4v) is 4.68. The summed E-state index contributed by atoms with van der Waals surface area (Å²) in [4.78, 5) is 15.5. The molecule has 0 radical (unpaired) electrons. The maximum absolute atomic E-state index is 6.47. The van der Waals surface area contributed by atoms with Crippen molar-refractivity contribution in [3.8, 4) is 11.5 Å². The molecule has 2 aromatic carbocycles. The first kappa shape index (κ1) is 24.1. The number of anilines is 3. The molecule has 3 N–H and O–H groups in total. The minimum absolute atomic E-state index is 0.338. The van der Waals surface area contributed by atoms with Crippen LogP contribution in [-0.2, 0) is 6.61 Å². The number of halogens is 1. The van der Waals surface area contributed by atoms with Crippen LogP contribution in [0.3, 0.4) is 0 Å². The number of pyridine rings is 1. The van der Waals surface area contributed by atoms with Crippen LogP contribution in [0.25, 0.3) is 10.9 Å². The molecule has 1 unspecified atom stereocenters. The number of rotatable bonds is 9. The van der Waals surface area contributed by atoms with Gasteiger partial charge in [-0.05, 0) is 69.3 Å². The van der Waals surface area contributed by atoms with Crippen molar-refractivity contribution in [2.24, 2.45) is 0 Å². The van der Waals surface area contributed by atoms with Gasteiger partial charge in [-0.3, -0.25) is 4.98 Å². The molecule has 0 bridgehead atoms. The van der Waals surface area contributed by atoms with Crippen LogP contribution in [0.15, 0.2) is 61.1 Å². The van der Waals surface area contributed by atoms with E-state index >= 15 is 0 Å². The molecule has 1 aliphatic heterocycles. The summed E-state index contributed by atoms with van der Waals surface area (Å²) in [6.45, 7) is 2.11. The molecule has 1 aliphatic rings. The largest absolute Gasteiger partial charge is 0.491 e. The monoisotopic (exact) mass is 504 g/mol. The minimum atomic E-state index is 0.338. The van der Waals surface area contributed by atoms with E-state index in [-0.39, 0.29) is 0 Å². The summed E-state index contributed by atoms with van der Waals surface area (Å²) < 4.78 is 11.8. The Morgan fingerprint density at radius 3 is 2.78 bits per heavy atom. The van der Waals surface area contributed by atoms with Crippen molar-refractivity contribution in [2.75, 3.05) is 31.2 Å². The molecule has 1 saturated heterocycles. The molecule has 1 atom stereocenters. The lowest BCUT2D eigenvalue weighted by Gasteiger charge is -2.19. The quantitative estimate of drug-likeness (QED) is 0.290. The summed E-state index contributed by atoms with van der Waals surface area (Å²) in [5.41, 5.74) is 9.23. The Morgan fingerprint density at radius 1 is 1.08 bits per heavy atom. The third kappa shape index (κ3) is 5.61. The van der Waals surface area contributed by atoms with E-state index in [2.05, 4.69) is 32.2 Å². The van der Waals surface area contributed by atoms with Crippen LogP contribution in [-0.4, -0.2) is 46.1 Å². The molecule has 0 aliphatic carbocycles. The van der Waals surface area contributed by atoms with Crippen molar-refractivity contribution >= 4 is 39.7 Å². The van der Waals surface area contributed by atoms with Crippen LogP contribution < -0.4 is 20.5 Å². The summed E-state index contributed by atoms with van der Waals surface area (Å²) in [5.74, 6) is 1.85. The van der Waals surface area contributed by atoms with Gasteiger partial charge >= 0.3 is 0 Å². The predicted molar refractivity (Wildman–Crippen MR) is 143 cm³/mol. The van der Waals surface area contributed by atoms with Gasteiger partial charge in [0.15, 0.2) is 0 Å². The van der Waals surface area contributed by atoms with Gasteiger partial charge in [-0.1, -0.05) is 17.7 Å². The molecule has 9 heteroatoms. The van der Waals surface area contributed by atoms with Crippen molar-refractivity contribution in [2.45, 2.75) is 31.9 Å². The van der Waals surface area contributed by atoms with Gasteiger partial charge in [-0.15, -0.1) is 0 Å². The second kappa shape index (κ2) is 11.0. The maximum atomic E-state index is 6.47. The minimum Gasteiger partial charge on any atom is -0.491 e. The van der Waals surface area contributed by atoms with Crippen molar-refractivity contribution in [3.05, 3.63) is 71.8 Å². The van der Waals surface area contributed by atoms with E-state index in [1.807, 2.05) is 42.5 Å². The van der Waals surface area contributed by atoms with Gasteiger partial charge in [0, 0.05) is 29.4 Å². The highest BCUT2D eigenvalue weighted by atomic mass is 35.5. The molecule has 3 heterocycles. The van der Waals surface area contributed by atoms with Gasteiger partial charge in [0.05, 0.1) is 28.5 Å². The van der Waals surface area contributed by atoms with E-state index in [0.29, 0.717) is 47.3 Å². The van der Waals surface area contributed by atoms with Crippen LogP contribution in [0.2, 0.25) is 5.02 Å². The van der Waals surface area contributed by atoms with Crippen LogP contribution in [0, 0.1) is 0 Å². The van der Waals surface area contributed by atoms with E-state index in [1.54, 1.807) is 12.3 Å². The molecule has 0 spiro atoms. The number of hydrogen-bond donors (Lipinski definition) is 2. The van der Waals surface area contributed by atoms with Gasteiger partial charge < -0.3 is 25.4 Å². The van der Waals surface area contributed by atoms with Crippen LogP contribution in [0.4, 0.5) is 17.2 Å². The SMILES string of the molecule is CN1CCCC1CCOc1cc2ncnc(Nc3ccc(OCc4ccccn4)c(Cl)c3)c2cc1N. The molecule has 1 fully saturated rings. The van der Waals surface area contributed by atoms with E-state index in [1.165, 1.54) is 19.2 Å². The highest BCUT2D eigenvalue weighted by molar-refractivity contribution is 6.32. The molecule has 2 aromatic heterocycles. The third-order valence-electron chi connectivity index (χ3n) is 6.44. The molecule has 186 valence electrons. The van der Waals surface area contributed by atoms with Crippen LogP contribution in [0.1, 0.15) is 25.0 Å². The maximum Gasteiger partial charge on any atom is 0.144 e. The number of benzene rings is 2. The lowest BCUT2D eigenvalue weighted by atomic mass is 10.1. The smallest absolute Gasteiger partial charge is 0.144 e. The molecule has 8 nitrogen and oxygen atoms in total. The number of hydrogen-bond acceptors (Lipinski definition) is 8. The van der Waals surface area contributed by atoms with Gasteiger partial charge in [0.2, 0.25) is 0 Å². The van der Waals surface area contributed by atoms with Crippen molar-refractivity contribution in [1.82, 2.24) is 19.9 Å². The van der Waals surface area contributed by atoms with Crippen molar-refractivity contribution < 1.29 is 9.47 Å². The molecule has 36 heavy (non-hydrogen) atoms.